The third-order valence-electron chi connectivity index (χ3n) is 4.29. The van der Waals surface area contributed by atoms with Gasteiger partial charge < -0.3 is 9.47 Å². The van der Waals surface area contributed by atoms with Gasteiger partial charge in [0.25, 0.3) is 0 Å². The number of benzene rings is 2. The number of ether oxygens (including phenoxy) is 2. The van der Waals surface area contributed by atoms with Gasteiger partial charge in [0.2, 0.25) is 0 Å². The van der Waals surface area contributed by atoms with Gasteiger partial charge in [-0.25, -0.2) is 4.39 Å². The van der Waals surface area contributed by atoms with Crippen molar-refractivity contribution in [1.29, 1.82) is 0 Å². The lowest BCUT2D eigenvalue weighted by molar-refractivity contribution is 0.102. The zero-order valence-electron chi connectivity index (χ0n) is 16.7. The molecule has 0 bridgehead atoms. The summed E-state index contributed by atoms with van der Waals surface area (Å²) in [6.07, 6.45) is 1.32. The molecule has 0 aliphatic rings. The Morgan fingerprint density at radius 1 is 1.20 bits per heavy atom. The van der Waals surface area contributed by atoms with Gasteiger partial charge in [0.05, 0.1) is 12.9 Å². The van der Waals surface area contributed by atoms with E-state index >= 15 is 0 Å². The molecule has 0 saturated carbocycles. The number of hydrogen-bond acceptors (Lipinski definition) is 6. The molecular formula is C22H22FN3O3S. The van der Waals surface area contributed by atoms with Gasteiger partial charge in [0.15, 0.2) is 34.4 Å². The highest BCUT2D eigenvalue weighted by Gasteiger charge is 2.21. The van der Waals surface area contributed by atoms with Crippen LogP contribution in [0.2, 0.25) is 0 Å². The van der Waals surface area contributed by atoms with E-state index in [1.54, 1.807) is 13.2 Å². The van der Waals surface area contributed by atoms with Crippen LogP contribution in [0.15, 0.2) is 66.3 Å². The number of carbonyl (C=O) groups is 1. The highest BCUT2D eigenvalue weighted by atomic mass is 32.2. The van der Waals surface area contributed by atoms with E-state index < -0.39 is 6.10 Å². The molecule has 2 aromatic carbocycles. The number of nitrogens with zero attached hydrogens (tertiary/aromatic N) is 3. The molecule has 1 aromatic heterocycles. The van der Waals surface area contributed by atoms with Crippen LogP contribution in [0.3, 0.4) is 0 Å². The first-order valence-corrected chi connectivity index (χ1v) is 10.3. The van der Waals surface area contributed by atoms with Crippen LogP contribution in [0, 0.1) is 5.82 Å². The molecule has 0 N–H and O–H groups in total. The van der Waals surface area contributed by atoms with Crippen LogP contribution in [-0.2, 0) is 6.54 Å². The second kappa shape index (κ2) is 10.1. The van der Waals surface area contributed by atoms with Crippen LogP contribution in [0.25, 0.3) is 0 Å². The molecule has 3 rings (SSSR count). The third-order valence-corrected chi connectivity index (χ3v) is 5.26. The summed E-state index contributed by atoms with van der Waals surface area (Å²) in [4.78, 5) is 12.4. The second-order valence-electron chi connectivity index (χ2n) is 6.37. The molecule has 1 atom stereocenters. The van der Waals surface area contributed by atoms with E-state index in [0.29, 0.717) is 34.6 Å². The summed E-state index contributed by atoms with van der Waals surface area (Å²) >= 11 is 1.26. The molecule has 0 spiro atoms. The van der Waals surface area contributed by atoms with E-state index in [1.165, 1.54) is 36.0 Å². The predicted molar refractivity (Wildman–Crippen MR) is 114 cm³/mol. The SMILES string of the molecule is C=CCn1c(SCC(=O)c2ccc(F)cc2)nnc1C(C)Oc1ccccc1OC. The van der Waals surface area contributed by atoms with E-state index in [1.807, 2.05) is 35.8 Å². The molecule has 1 heterocycles. The Balaban J connectivity index is 1.74. The van der Waals surface area contributed by atoms with Crippen molar-refractivity contribution in [3.63, 3.8) is 0 Å². The number of Topliss-reactive ketones (excluding diaryl/α,β-unsaturated/α-hetero) is 1. The summed E-state index contributed by atoms with van der Waals surface area (Å²) in [7, 11) is 1.58. The smallest absolute Gasteiger partial charge is 0.192 e. The fraction of sp³-hybridized carbons (Fsp3) is 0.227. The van der Waals surface area contributed by atoms with E-state index in [0.717, 1.165) is 0 Å². The normalized spacial score (nSPS) is 11.7. The standard InChI is InChI=1S/C22H22FN3O3S/c1-4-13-26-21(15(2)29-20-8-6-5-7-19(20)28-3)24-25-22(26)30-14-18(27)16-9-11-17(23)12-10-16/h4-12,15H,1,13-14H2,2-3H3. The quantitative estimate of drug-likeness (QED) is 0.265. The lowest BCUT2D eigenvalue weighted by Gasteiger charge is -2.17. The summed E-state index contributed by atoms with van der Waals surface area (Å²) in [6, 6.07) is 12.9. The number of para-hydroxylation sites is 2. The summed E-state index contributed by atoms with van der Waals surface area (Å²) in [5.74, 6) is 1.49. The third kappa shape index (κ3) is 5.07. The maximum atomic E-state index is 13.1. The highest BCUT2D eigenvalue weighted by molar-refractivity contribution is 7.99. The van der Waals surface area contributed by atoms with Gasteiger partial charge in [-0.2, -0.15) is 0 Å². The van der Waals surface area contributed by atoms with Crippen molar-refractivity contribution in [3.8, 4) is 11.5 Å². The van der Waals surface area contributed by atoms with Gasteiger partial charge in [-0.3, -0.25) is 9.36 Å². The minimum atomic E-state index is -0.407. The number of rotatable bonds is 10. The molecule has 0 amide bonds. The lowest BCUT2D eigenvalue weighted by Crippen LogP contribution is -2.13. The van der Waals surface area contributed by atoms with E-state index in [-0.39, 0.29) is 17.4 Å². The minimum Gasteiger partial charge on any atom is -0.493 e. The number of carbonyl (C=O) groups excluding carboxylic acids is 1. The predicted octanol–water partition coefficient (Wildman–Crippen LogP) is 4.73. The first kappa shape index (κ1) is 21.6. The summed E-state index contributed by atoms with van der Waals surface area (Å²) in [6.45, 7) is 6.13. The van der Waals surface area contributed by atoms with Crippen molar-refractivity contribution < 1.29 is 18.7 Å². The number of ketones is 1. The summed E-state index contributed by atoms with van der Waals surface area (Å²) in [5, 5.41) is 9.07. The maximum Gasteiger partial charge on any atom is 0.192 e. The number of hydrogen-bond donors (Lipinski definition) is 0. The monoisotopic (exact) mass is 427 g/mol. The fourth-order valence-electron chi connectivity index (χ4n) is 2.82. The van der Waals surface area contributed by atoms with Gasteiger partial charge in [-0.1, -0.05) is 30.0 Å². The highest BCUT2D eigenvalue weighted by Crippen LogP contribution is 2.31. The molecule has 0 fully saturated rings. The van der Waals surface area contributed by atoms with E-state index in [2.05, 4.69) is 16.8 Å². The van der Waals surface area contributed by atoms with Crippen molar-refractivity contribution in [1.82, 2.24) is 14.8 Å². The number of halogens is 1. The van der Waals surface area contributed by atoms with Crippen LogP contribution >= 0.6 is 11.8 Å². The molecule has 0 radical (unpaired) electrons. The summed E-state index contributed by atoms with van der Waals surface area (Å²) in [5.41, 5.74) is 0.451. The van der Waals surface area contributed by atoms with Gasteiger partial charge in [-0.15, -0.1) is 16.8 Å². The van der Waals surface area contributed by atoms with Gasteiger partial charge in [-0.05, 0) is 43.3 Å². The first-order valence-electron chi connectivity index (χ1n) is 9.28. The number of aromatic nitrogens is 3. The van der Waals surface area contributed by atoms with E-state index in [4.69, 9.17) is 9.47 Å². The zero-order chi connectivity index (χ0) is 21.5. The van der Waals surface area contributed by atoms with Gasteiger partial charge in [0, 0.05) is 12.1 Å². The van der Waals surface area contributed by atoms with Crippen LogP contribution in [-0.4, -0.2) is 33.4 Å². The molecule has 0 aliphatic carbocycles. The van der Waals surface area contributed by atoms with Crippen LogP contribution in [0.4, 0.5) is 4.39 Å². The Hall–Kier alpha value is -3.13. The number of thioether (sulfide) groups is 1. The van der Waals surface area contributed by atoms with Crippen molar-refractivity contribution in [2.24, 2.45) is 0 Å². The molecule has 6 nitrogen and oxygen atoms in total. The molecule has 1 unspecified atom stereocenters. The molecule has 8 heteroatoms. The molecule has 156 valence electrons. The molecular weight excluding hydrogens is 405 g/mol. The van der Waals surface area contributed by atoms with Gasteiger partial charge >= 0.3 is 0 Å². The Morgan fingerprint density at radius 2 is 1.90 bits per heavy atom. The molecule has 0 saturated heterocycles. The lowest BCUT2D eigenvalue weighted by atomic mass is 10.1. The number of methoxy groups -OCH3 is 1. The fourth-order valence-corrected chi connectivity index (χ4v) is 3.67. The zero-order valence-corrected chi connectivity index (χ0v) is 17.6. The van der Waals surface area contributed by atoms with Crippen molar-refractivity contribution in [2.75, 3.05) is 12.9 Å². The average molecular weight is 428 g/mol. The topological polar surface area (TPSA) is 66.2 Å². The minimum absolute atomic E-state index is 0.118. The Labute approximate surface area is 178 Å². The summed E-state index contributed by atoms with van der Waals surface area (Å²) < 4.78 is 26.3. The van der Waals surface area contributed by atoms with Gasteiger partial charge in [0.1, 0.15) is 5.82 Å². The van der Waals surface area contributed by atoms with Crippen molar-refractivity contribution >= 4 is 17.5 Å². The first-order chi connectivity index (χ1) is 14.5. The van der Waals surface area contributed by atoms with Crippen LogP contribution < -0.4 is 9.47 Å². The maximum absolute atomic E-state index is 13.1. The van der Waals surface area contributed by atoms with Crippen molar-refractivity contribution in [3.05, 3.63) is 78.4 Å². The molecule has 0 aliphatic heterocycles. The Kier molecular flexibility index (Phi) is 7.24. The number of allylic oxidation sites excluding steroid dienone is 1. The largest absolute Gasteiger partial charge is 0.493 e. The van der Waals surface area contributed by atoms with Crippen LogP contribution in [0.5, 0.6) is 11.5 Å². The van der Waals surface area contributed by atoms with Crippen LogP contribution in [0.1, 0.15) is 29.2 Å². The Morgan fingerprint density at radius 3 is 2.57 bits per heavy atom. The van der Waals surface area contributed by atoms with Crippen molar-refractivity contribution in [2.45, 2.75) is 24.7 Å². The average Bonchev–Trinajstić information content (AvgIpc) is 3.16. The Bertz CT molecular complexity index is 1020. The molecule has 3 aromatic rings. The second-order valence-corrected chi connectivity index (χ2v) is 7.31. The molecule has 30 heavy (non-hydrogen) atoms. The van der Waals surface area contributed by atoms with E-state index in [9.17, 15) is 9.18 Å².